The summed E-state index contributed by atoms with van der Waals surface area (Å²) in [4.78, 5) is 32.0. The predicted molar refractivity (Wildman–Crippen MR) is 45.4 cm³/mol. The lowest BCUT2D eigenvalue weighted by molar-refractivity contribution is -0.153. The van der Waals surface area contributed by atoms with Gasteiger partial charge in [-0.1, -0.05) is 0 Å². The highest BCUT2D eigenvalue weighted by molar-refractivity contribution is 6.61. The van der Waals surface area contributed by atoms with Crippen molar-refractivity contribution < 1.29 is 19.5 Å². The fourth-order valence-corrected chi connectivity index (χ4v) is 2.21. The first-order valence-corrected chi connectivity index (χ1v) is 4.67. The van der Waals surface area contributed by atoms with Crippen molar-refractivity contribution in [1.82, 2.24) is 5.32 Å². The zero-order valence-corrected chi connectivity index (χ0v) is 7.53. The van der Waals surface area contributed by atoms with Gasteiger partial charge >= 0.3 is 11.8 Å². The second-order valence-corrected chi connectivity index (χ2v) is 3.95. The molecule has 0 aromatic heterocycles. The molecule has 1 amide bonds. The monoisotopic (exact) mass is 197 g/mol. The minimum Gasteiger partial charge on any atom is -0.475 e. The third-order valence-electron chi connectivity index (χ3n) is 3.06. The van der Waals surface area contributed by atoms with E-state index in [2.05, 4.69) is 5.32 Å². The van der Waals surface area contributed by atoms with Gasteiger partial charge in [0.25, 0.3) is 5.91 Å². The SMILES string of the molecule is O=C(O)C(=O)C(=O)NC1CCC2CC21. The summed E-state index contributed by atoms with van der Waals surface area (Å²) in [6, 6.07) is 0.0239. The van der Waals surface area contributed by atoms with Crippen molar-refractivity contribution >= 4 is 17.7 Å². The van der Waals surface area contributed by atoms with Crippen molar-refractivity contribution in [3.8, 4) is 0 Å². The lowest BCUT2D eigenvalue weighted by Gasteiger charge is -2.12. The van der Waals surface area contributed by atoms with Gasteiger partial charge in [0.05, 0.1) is 0 Å². The number of carbonyl (C=O) groups is 3. The maximum absolute atomic E-state index is 11.1. The van der Waals surface area contributed by atoms with Crippen molar-refractivity contribution in [2.75, 3.05) is 0 Å². The van der Waals surface area contributed by atoms with Crippen molar-refractivity contribution in [1.29, 1.82) is 0 Å². The Labute approximate surface area is 80.5 Å². The second kappa shape index (κ2) is 3.08. The van der Waals surface area contributed by atoms with E-state index in [4.69, 9.17) is 5.11 Å². The Morgan fingerprint density at radius 2 is 1.93 bits per heavy atom. The molecular weight excluding hydrogens is 186 g/mol. The molecule has 14 heavy (non-hydrogen) atoms. The molecule has 2 saturated carbocycles. The number of nitrogens with one attached hydrogen (secondary N) is 1. The summed E-state index contributed by atoms with van der Waals surface area (Å²) in [7, 11) is 0. The Hall–Kier alpha value is -1.39. The lowest BCUT2D eigenvalue weighted by Crippen LogP contribution is -2.42. The number of fused-ring (bicyclic) bond motifs is 1. The summed E-state index contributed by atoms with van der Waals surface area (Å²) >= 11 is 0. The summed E-state index contributed by atoms with van der Waals surface area (Å²) in [5.74, 6) is -2.85. The largest absolute Gasteiger partial charge is 0.475 e. The fourth-order valence-electron chi connectivity index (χ4n) is 2.21. The average Bonchev–Trinajstić information content (AvgIpc) is 2.82. The van der Waals surface area contributed by atoms with Crippen LogP contribution < -0.4 is 5.32 Å². The number of carboxylic acid groups (broad SMARTS) is 1. The van der Waals surface area contributed by atoms with E-state index in [0.717, 1.165) is 19.3 Å². The molecule has 5 nitrogen and oxygen atoms in total. The van der Waals surface area contributed by atoms with E-state index in [0.29, 0.717) is 11.8 Å². The van der Waals surface area contributed by atoms with Crippen LogP contribution in [0.25, 0.3) is 0 Å². The molecule has 0 spiro atoms. The molecule has 2 rings (SSSR count). The Balaban J connectivity index is 1.88. The number of rotatable bonds is 3. The number of carbonyl (C=O) groups excluding carboxylic acids is 2. The highest BCUT2D eigenvalue weighted by Gasteiger charge is 2.48. The number of aliphatic carboxylic acids is 1. The maximum Gasteiger partial charge on any atom is 0.382 e. The van der Waals surface area contributed by atoms with E-state index < -0.39 is 17.7 Å². The first-order chi connectivity index (χ1) is 6.59. The smallest absolute Gasteiger partial charge is 0.382 e. The van der Waals surface area contributed by atoms with Gasteiger partial charge in [0.1, 0.15) is 0 Å². The van der Waals surface area contributed by atoms with E-state index in [1.807, 2.05) is 0 Å². The lowest BCUT2D eigenvalue weighted by atomic mass is 10.1. The first kappa shape index (κ1) is 9.18. The minimum atomic E-state index is -1.69. The number of amides is 1. The highest BCUT2D eigenvalue weighted by Crippen LogP contribution is 2.51. The van der Waals surface area contributed by atoms with E-state index in [9.17, 15) is 14.4 Å². The van der Waals surface area contributed by atoms with Crippen molar-refractivity contribution in [3.63, 3.8) is 0 Å². The van der Waals surface area contributed by atoms with Crippen LogP contribution in [0.5, 0.6) is 0 Å². The van der Waals surface area contributed by atoms with Gasteiger partial charge in [-0.3, -0.25) is 9.59 Å². The van der Waals surface area contributed by atoms with Crippen LogP contribution >= 0.6 is 0 Å². The summed E-state index contributed by atoms with van der Waals surface area (Å²) in [6.07, 6.45) is 3.05. The van der Waals surface area contributed by atoms with Gasteiger partial charge in [0.15, 0.2) is 0 Å². The van der Waals surface area contributed by atoms with Gasteiger partial charge in [0.2, 0.25) is 0 Å². The molecule has 3 unspecified atom stereocenters. The first-order valence-electron chi connectivity index (χ1n) is 4.67. The van der Waals surface area contributed by atoms with E-state index in [1.165, 1.54) is 0 Å². The molecule has 2 N–H and O–H groups in total. The zero-order chi connectivity index (χ0) is 10.3. The van der Waals surface area contributed by atoms with Gasteiger partial charge in [-0.25, -0.2) is 4.79 Å². The second-order valence-electron chi connectivity index (χ2n) is 3.95. The van der Waals surface area contributed by atoms with Crippen LogP contribution in [-0.2, 0) is 14.4 Å². The van der Waals surface area contributed by atoms with Crippen molar-refractivity contribution in [3.05, 3.63) is 0 Å². The molecule has 5 heteroatoms. The van der Waals surface area contributed by atoms with Crippen LogP contribution in [0.15, 0.2) is 0 Å². The minimum absolute atomic E-state index is 0.0239. The molecular formula is C9H11NO4. The highest BCUT2D eigenvalue weighted by atomic mass is 16.4. The molecule has 2 aliphatic rings. The quantitative estimate of drug-likeness (QED) is 0.474. The van der Waals surface area contributed by atoms with Crippen molar-refractivity contribution in [2.45, 2.75) is 25.3 Å². The Morgan fingerprint density at radius 1 is 1.21 bits per heavy atom. The molecule has 2 fully saturated rings. The van der Waals surface area contributed by atoms with Crippen molar-refractivity contribution in [2.24, 2.45) is 11.8 Å². The standard InChI is InChI=1S/C9H11NO4/c11-7(9(13)14)8(12)10-6-2-1-4-3-5(4)6/h4-6H,1-3H2,(H,10,12)(H,13,14). The maximum atomic E-state index is 11.1. The average molecular weight is 197 g/mol. The Kier molecular flexibility index (Phi) is 2.02. The van der Waals surface area contributed by atoms with Crippen LogP contribution in [0.3, 0.4) is 0 Å². The number of Topliss-reactive ketones (excluding diaryl/α,β-unsaturated/α-hetero) is 1. The van der Waals surface area contributed by atoms with Crippen LogP contribution in [0.2, 0.25) is 0 Å². The number of hydrogen-bond donors (Lipinski definition) is 2. The number of ketones is 1. The van der Waals surface area contributed by atoms with Crippen LogP contribution in [0, 0.1) is 11.8 Å². The van der Waals surface area contributed by atoms with E-state index in [-0.39, 0.29) is 6.04 Å². The normalized spacial score (nSPS) is 33.3. The molecule has 76 valence electrons. The molecule has 0 aromatic carbocycles. The summed E-state index contributed by atoms with van der Waals surface area (Å²) < 4.78 is 0. The number of hydrogen-bond acceptors (Lipinski definition) is 3. The van der Waals surface area contributed by atoms with E-state index >= 15 is 0 Å². The third-order valence-corrected chi connectivity index (χ3v) is 3.06. The number of carboxylic acids is 1. The fraction of sp³-hybridized carbons (Fsp3) is 0.667. The molecule has 0 aliphatic heterocycles. The molecule has 0 radical (unpaired) electrons. The van der Waals surface area contributed by atoms with Crippen LogP contribution in [-0.4, -0.2) is 28.8 Å². The molecule has 3 atom stereocenters. The molecule has 0 aromatic rings. The Bertz CT molecular complexity index is 312. The van der Waals surface area contributed by atoms with E-state index in [1.54, 1.807) is 0 Å². The summed E-state index contributed by atoms with van der Waals surface area (Å²) in [6.45, 7) is 0. The van der Waals surface area contributed by atoms with Crippen LogP contribution in [0.1, 0.15) is 19.3 Å². The van der Waals surface area contributed by atoms with Gasteiger partial charge in [-0.15, -0.1) is 0 Å². The summed E-state index contributed by atoms with van der Waals surface area (Å²) in [5, 5.41) is 10.8. The molecule has 2 aliphatic carbocycles. The molecule has 0 heterocycles. The van der Waals surface area contributed by atoms with Gasteiger partial charge in [0, 0.05) is 6.04 Å². The Morgan fingerprint density at radius 3 is 2.36 bits per heavy atom. The zero-order valence-electron chi connectivity index (χ0n) is 7.53. The van der Waals surface area contributed by atoms with Crippen LogP contribution in [0.4, 0.5) is 0 Å². The third kappa shape index (κ3) is 1.49. The molecule has 0 bridgehead atoms. The predicted octanol–water partition coefficient (Wildman–Crippen LogP) is -0.445. The topological polar surface area (TPSA) is 83.5 Å². The molecule has 0 saturated heterocycles. The van der Waals surface area contributed by atoms with Gasteiger partial charge < -0.3 is 10.4 Å². The van der Waals surface area contributed by atoms with Gasteiger partial charge in [-0.2, -0.15) is 0 Å². The summed E-state index contributed by atoms with van der Waals surface area (Å²) in [5.41, 5.74) is 0. The van der Waals surface area contributed by atoms with Gasteiger partial charge in [-0.05, 0) is 31.1 Å².